The maximum Gasteiger partial charge on any atom is 0.267 e. The lowest BCUT2D eigenvalue weighted by molar-refractivity contribution is -0.130. The highest BCUT2D eigenvalue weighted by Crippen LogP contribution is 2.10. The SMILES string of the molecule is CCCCC/C=C\CCCCCCC(O)C(=O)NC(CS(=O)(=O)O)C(O)/C=C/CCCCC. The van der Waals surface area contributed by atoms with Crippen molar-refractivity contribution >= 4 is 16.0 Å². The van der Waals surface area contributed by atoms with Crippen molar-refractivity contribution in [1.29, 1.82) is 0 Å². The van der Waals surface area contributed by atoms with Gasteiger partial charge in [0.1, 0.15) is 6.10 Å². The molecule has 1 amide bonds. The zero-order chi connectivity index (χ0) is 25.0. The minimum atomic E-state index is -4.41. The smallest absolute Gasteiger partial charge is 0.267 e. The molecule has 0 aliphatic rings. The number of nitrogens with one attached hydrogen (secondary N) is 1. The van der Waals surface area contributed by atoms with Crippen LogP contribution in [0, 0.1) is 0 Å². The van der Waals surface area contributed by atoms with Crippen LogP contribution in [0.1, 0.15) is 104 Å². The Bertz CT molecular complexity index is 647. The molecule has 0 aromatic rings. The Morgan fingerprint density at radius 2 is 1.33 bits per heavy atom. The van der Waals surface area contributed by atoms with Crippen LogP contribution in [-0.2, 0) is 14.9 Å². The van der Waals surface area contributed by atoms with Crippen LogP contribution in [0.5, 0.6) is 0 Å². The second-order valence-corrected chi connectivity index (χ2v) is 10.2. The lowest BCUT2D eigenvalue weighted by Crippen LogP contribution is -2.50. The molecule has 0 spiro atoms. The summed E-state index contributed by atoms with van der Waals surface area (Å²) >= 11 is 0. The molecular weight excluding hydrogens is 442 g/mol. The Hall–Kier alpha value is -1.22. The van der Waals surface area contributed by atoms with Gasteiger partial charge in [0.15, 0.2) is 0 Å². The van der Waals surface area contributed by atoms with Gasteiger partial charge in [-0.15, -0.1) is 0 Å². The lowest BCUT2D eigenvalue weighted by atomic mass is 10.1. The van der Waals surface area contributed by atoms with E-state index in [4.69, 9.17) is 4.55 Å². The van der Waals surface area contributed by atoms with Gasteiger partial charge in [0.2, 0.25) is 5.91 Å². The first kappa shape index (κ1) is 31.8. The third kappa shape index (κ3) is 19.9. The predicted octanol–water partition coefficient (Wildman–Crippen LogP) is 4.69. The number of aliphatic hydroxyl groups excluding tert-OH is 2. The number of carbonyl (C=O) groups excluding carboxylic acids is 1. The molecule has 194 valence electrons. The number of hydrogen-bond donors (Lipinski definition) is 4. The molecule has 0 aromatic carbocycles. The summed E-state index contributed by atoms with van der Waals surface area (Å²) in [5.74, 6) is -1.56. The summed E-state index contributed by atoms with van der Waals surface area (Å²) in [6.45, 7) is 4.27. The number of carbonyl (C=O) groups is 1. The highest BCUT2D eigenvalue weighted by atomic mass is 32.2. The van der Waals surface area contributed by atoms with Crippen LogP contribution < -0.4 is 5.32 Å². The predicted molar refractivity (Wildman–Crippen MR) is 135 cm³/mol. The van der Waals surface area contributed by atoms with Crippen LogP contribution in [-0.4, -0.2) is 53.1 Å². The highest BCUT2D eigenvalue weighted by molar-refractivity contribution is 7.85. The molecule has 8 heteroatoms. The van der Waals surface area contributed by atoms with Crippen LogP contribution in [0.3, 0.4) is 0 Å². The Balaban J connectivity index is 4.32. The minimum Gasteiger partial charge on any atom is -0.387 e. The normalized spacial score (nSPS) is 15.2. The number of allylic oxidation sites excluding steroid dienone is 3. The van der Waals surface area contributed by atoms with Gasteiger partial charge in [0.25, 0.3) is 10.1 Å². The average molecular weight is 490 g/mol. The first-order valence-corrected chi connectivity index (χ1v) is 14.3. The summed E-state index contributed by atoms with van der Waals surface area (Å²) in [7, 11) is -4.41. The Morgan fingerprint density at radius 1 is 0.818 bits per heavy atom. The van der Waals surface area contributed by atoms with Crippen molar-refractivity contribution in [3.05, 3.63) is 24.3 Å². The molecule has 0 radical (unpaired) electrons. The molecule has 0 rings (SSSR count). The molecule has 33 heavy (non-hydrogen) atoms. The molecule has 0 saturated carbocycles. The van der Waals surface area contributed by atoms with Crippen molar-refractivity contribution in [2.24, 2.45) is 0 Å². The maximum atomic E-state index is 12.3. The van der Waals surface area contributed by atoms with Crippen molar-refractivity contribution in [2.75, 3.05) is 5.75 Å². The molecule has 0 aliphatic carbocycles. The standard InChI is InChI=1S/C25H47NO6S/c1-3-5-7-9-10-11-12-13-14-16-18-20-24(28)25(29)26-22(21-33(30,31)32)23(27)19-17-15-8-6-4-2/h10-11,17,19,22-24,27-28H,3-9,12-16,18,20-21H2,1-2H3,(H,26,29)(H,30,31,32)/b11-10-,19-17+. The maximum absolute atomic E-state index is 12.3. The first-order chi connectivity index (χ1) is 15.7. The molecule has 0 bridgehead atoms. The fourth-order valence-corrected chi connectivity index (χ4v) is 4.18. The van der Waals surface area contributed by atoms with E-state index in [-0.39, 0.29) is 6.42 Å². The van der Waals surface area contributed by atoms with Gasteiger partial charge >= 0.3 is 0 Å². The quantitative estimate of drug-likeness (QED) is 0.105. The van der Waals surface area contributed by atoms with Crippen molar-refractivity contribution < 1.29 is 28.0 Å². The lowest BCUT2D eigenvalue weighted by Gasteiger charge is -2.22. The van der Waals surface area contributed by atoms with Crippen molar-refractivity contribution in [3.63, 3.8) is 0 Å². The molecule has 0 aliphatic heterocycles. The van der Waals surface area contributed by atoms with E-state index in [9.17, 15) is 23.4 Å². The van der Waals surface area contributed by atoms with Crippen molar-refractivity contribution in [1.82, 2.24) is 5.32 Å². The van der Waals surface area contributed by atoms with E-state index in [2.05, 4.69) is 31.3 Å². The third-order valence-corrected chi connectivity index (χ3v) is 6.26. The number of unbranched alkanes of at least 4 members (excludes halogenated alkanes) is 10. The number of amides is 1. The van der Waals surface area contributed by atoms with Gasteiger partial charge < -0.3 is 15.5 Å². The Morgan fingerprint density at radius 3 is 1.88 bits per heavy atom. The molecule has 0 aromatic heterocycles. The van der Waals surface area contributed by atoms with Crippen molar-refractivity contribution in [3.8, 4) is 0 Å². The zero-order valence-corrected chi connectivity index (χ0v) is 21.4. The van der Waals surface area contributed by atoms with Crippen LogP contribution in [0.15, 0.2) is 24.3 Å². The molecule has 3 unspecified atom stereocenters. The molecule has 0 heterocycles. The van der Waals surface area contributed by atoms with E-state index in [0.29, 0.717) is 6.42 Å². The molecule has 0 saturated heterocycles. The van der Waals surface area contributed by atoms with Gasteiger partial charge in [-0.25, -0.2) is 0 Å². The molecular formula is C25H47NO6S. The molecule has 4 N–H and O–H groups in total. The monoisotopic (exact) mass is 489 g/mol. The van der Waals surface area contributed by atoms with Crippen LogP contribution in [0.2, 0.25) is 0 Å². The number of rotatable bonds is 21. The second-order valence-electron chi connectivity index (χ2n) is 8.75. The van der Waals surface area contributed by atoms with E-state index in [1.165, 1.54) is 25.3 Å². The van der Waals surface area contributed by atoms with E-state index in [1.807, 2.05) is 0 Å². The van der Waals surface area contributed by atoms with E-state index in [0.717, 1.165) is 57.8 Å². The summed E-state index contributed by atoms with van der Waals surface area (Å²) in [4.78, 5) is 12.3. The number of aliphatic hydroxyl groups is 2. The largest absolute Gasteiger partial charge is 0.387 e. The van der Waals surface area contributed by atoms with E-state index >= 15 is 0 Å². The van der Waals surface area contributed by atoms with Gasteiger partial charge in [-0.1, -0.05) is 83.1 Å². The minimum absolute atomic E-state index is 0.264. The average Bonchev–Trinajstić information content (AvgIpc) is 2.75. The number of hydrogen-bond acceptors (Lipinski definition) is 5. The van der Waals surface area contributed by atoms with Gasteiger partial charge in [0.05, 0.1) is 17.9 Å². The Labute approximate surface area is 201 Å². The van der Waals surface area contributed by atoms with Crippen LogP contribution in [0.4, 0.5) is 0 Å². The zero-order valence-electron chi connectivity index (χ0n) is 20.6. The van der Waals surface area contributed by atoms with Gasteiger partial charge in [0, 0.05) is 0 Å². The van der Waals surface area contributed by atoms with Gasteiger partial charge in [-0.3, -0.25) is 9.35 Å². The molecule has 7 nitrogen and oxygen atoms in total. The van der Waals surface area contributed by atoms with Gasteiger partial charge in [-0.05, 0) is 44.9 Å². The summed E-state index contributed by atoms with van der Waals surface area (Å²) in [5, 5.41) is 22.8. The summed E-state index contributed by atoms with van der Waals surface area (Å²) in [5.41, 5.74) is 0. The first-order valence-electron chi connectivity index (χ1n) is 12.6. The summed E-state index contributed by atoms with van der Waals surface area (Å²) in [6, 6.07) is -1.23. The van der Waals surface area contributed by atoms with E-state index < -0.39 is 40.0 Å². The highest BCUT2D eigenvalue weighted by Gasteiger charge is 2.27. The molecule has 3 atom stereocenters. The summed E-state index contributed by atoms with van der Waals surface area (Å²) < 4.78 is 31.8. The Kier molecular flexibility index (Phi) is 19.4. The van der Waals surface area contributed by atoms with Gasteiger partial charge in [-0.2, -0.15) is 8.42 Å². The fraction of sp³-hybridized carbons (Fsp3) is 0.800. The van der Waals surface area contributed by atoms with Crippen molar-refractivity contribution in [2.45, 2.75) is 122 Å². The third-order valence-electron chi connectivity index (χ3n) is 5.48. The van der Waals surface area contributed by atoms with Crippen LogP contribution >= 0.6 is 0 Å². The topological polar surface area (TPSA) is 124 Å². The second kappa shape index (κ2) is 20.2. The van der Waals surface area contributed by atoms with E-state index in [1.54, 1.807) is 6.08 Å². The fourth-order valence-electron chi connectivity index (χ4n) is 3.45. The van der Waals surface area contributed by atoms with Crippen LogP contribution in [0.25, 0.3) is 0 Å². The molecule has 0 fully saturated rings. The summed E-state index contributed by atoms with van der Waals surface area (Å²) in [6.07, 6.45) is 18.7.